The molecule has 1 aliphatic rings. The normalized spacial score (nSPS) is 13.8. The zero-order valence-electron chi connectivity index (χ0n) is 17.0. The zero-order valence-corrected chi connectivity index (χ0v) is 17.0. The third-order valence-electron chi connectivity index (χ3n) is 5.34. The molecule has 0 saturated carbocycles. The van der Waals surface area contributed by atoms with Crippen molar-refractivity contribution in [3.05, 3.63) is 60.0 Å². The number of hydrogen-bond acceptors (Lipinski definition) is 7. The summed E-state index contributed by atoms with van der Waals surface area (Å²) in [5.41, 5.74) is 9.45. The van der Waals surface area contributed by atoms with Gasteiger partial charge < -0.3 is 15.4 Å². The van der Waals surface area contributed by atoms with Crippen LogP contribution in [0.4, 0.5) is 11.5 Å². The quantitative estimate of drug-likeness (QED) is 0.629. The van der Waals surface area contributed by atoms with Gasteiger partial charge in [-0.25, -0.2) is 15.0 Å². The predicted octanol–water partition coefficient (Wildman–Crippen LogP) is 3.55. The molecule has 3 heterocycles. The van der Waals surface area contributed by atoms with Crippen LogP contribution < -0.4 is 15.4 Å². The number of ketones is 1. The molecule has 30 heavy (non-hydrogen) atoms. The van der Waals surface area contributed by atoms with E-state index < -0.39 is 0 Å². The average molecular weight is 403 g/mol. The molecular weight excluding hydrogens is 378 g/mol. The Balaban J connectivity index is 1.63. The Morgan fingerprint density at radius 3 is 2.70 bits per heavy atom. The van der Waals surface area contributed by atoms with Gasteiger partial charge in [0.25, 0.3) is 0 Å². The first-order chi connectivity index (χ1) is 14.7. The first-order valence-electron chi connectivity index (χ1n) is 10.2. The average Bonchev–Trinajstić information content (AvgIpc) is 2.80. The van der Waals surface area contributed by atoms with Crippen molar-refractivity contribution in [3.8, 4) is 17.1 Å². The highest BCUT2D eigenvalue weighted by Gasteiger charge is 2.20. The summed E-state index contributed by atoms with van der Waals surface area (Å²) in [5.74, 6) is 0.390. The Morgan fingerprint density at radius 2 is 1.90 bits per heavy atom. The molecule has 2 aromatic heterocycles. The molecule has 7 nitrogen and oxygen atoms in total. The molecule has 2 N–H and O–H groups in total. The number of ether oxygens (including phenoxy) is 1. The third kappa shape index (κ3) is 4.10. The van der Waals surface area contributed by atoms with Gasteiger partial charge in [0, 0.05) is 31.4 Å². The summed E-state index contributed by atoms with van der Waals surface area (Å²) in [4.78, 5) is 28.4. The van der Waals surface area contributed by atoms with Gasteiger partial charge in [0.2, 0.25) is 5.88 Å². The Kier molecular flexibility index (Phi) is 5.88. The molecular formula is C23H25N5O2. The number of nitrogens with two attached hydrogens (primary N) is 1. The molecule has 1 saturated heterocycles. The number of hydrogen-bond donors (Lipinski definition) is 1. The minimum Gasteiger partial charge on any atom is -0.481 e. The van der Waals surface area contributed by atoms with Crippen LogP contribution in [0.5, 0.6) is 5.88 Å². The molecule has 4 rings (SSSR count). The summed E-state index contributed by atoms with van der Waals surface area (Å²) in [6.45, 7) is 2.03. The van der Waals surface area contributed by atoms with Gasteiger partial charge in [-0.05, 0) is 43.0 Å². The van der Waals surface area contributed by atoms with Crippen molar-refractivity contribution < 1.29 is 9.53 Å². The highest BCUT2D eigenvalue weighted by Crippen LogP contribution is 2.28. The minimum atomic E-state index is -0.158. The lowest BCUT2D eigenvalue weighted by Crippen LogP contribution is -2.30. The number of piperidine rings is 1. The molecule has 0 atom stereocenters. The van der Waals surface area contributed by atoms with E-state index in [9.17, 15) is 4.79 Å². The standard InChI is InChI=1S/C23H25N5O2/c1-30-23-17(9-7-11-25-23)18-15-26-22(24)21(27-18)20(29)14-16-8-3-4-10-19(16)28-12-5-2-6-13-28/h3-4,7-11,15H,2,5-6,12-14H2,1H3,(H2,24,26). The van der Waals surface area contributed by atoms with Crippen LogP contribution in [-0.2, 0) is 6.42 Å². The lowest BCUT2D eigenvalue weighted by atomic mass is 10.0. The van der Waals surface area contributed by atoms with Crippen LogP contribution >= 0.6 is 0 Å². The van der Waals surface area contributed by atoms with Gasteiger partial charge in [-0.15, -0.1) is 0 Å². The number of carbonyl (C=O) groups is 1. The molecule has 154 valence electrons. The fourth-order valence-electron chi connectivity index (χ4n) is 3.84. The number of nitrogens with zero attached hydrogens (tertiary/aromatic N) is 4. The van der Waals surface area contributed by atoms with Crippen LogP contribution in [0.3, 0.4) is 0 Å². The van der Waals surface area contributed by atoms with E-state index in [1.807, 2.05) is 24.3 Å². The number of aromatic nitrogens is 3. The second-order valence-electron chi connectivity index (χ2n) is 7.33. The molecule has 0 unspecified atom stereocenters. The van der Waals surface area contributed by atoms with Crippen LogP contribution in [0.1, 0.15) is 35.3 Å². The number of Topliss-reactive ketones (excluding diaryl/α,β-unsaturated/α-hetero) is 1. The molecule has 1 fully saturated rings. The van der Waals surface area contributed by atoms with E-state index in [1.54, 1.807) is 19.4 Å². The highest BCUT2D eigenvalue weighted by atomic mass is 16.5. The van der Waals surface area contributed by atoms with E-state index in [2.05, 4.69) is 25.9 Å². The molecule has 3 aromatic rings. The van der Waals surface area contributed by atoms with Gasteiger partial charge in [0.05, 0.1) is 24.6 Å². The maximum Gasteiger partial charge on any atom is 0.222 e. The van der Waals surface area contributed by atoms with E-state index in [4.69, 9.17) is 10.5 Å². The van der Waals surface area contributed by atoms with Crippen molar-refractivity contribution in [3.63, 3.8) is 0 Å². The van der Waals surface area contributed by atoms with Crippen LogP contribution in [0.25, 0.3) is 11.3 Å². The van der Waals surface area contributed by atoms with Gasteiger partial charge in [-0.2, -0.15) is 0 Å². The largest absolute Gasteiger partial charge is 0.481 e. The molecule has 1 aromatic carbocycles. The number of pyridine rings is 1. The van der Waals surface area contributed by atoms with Gasteiger partial charge in [0.1, 0.15) is 5.69 Å². The van der Waals surface area contributed by atoms with Crippen molar-refractivity contribution in [1.29, 1.82) is 0 Å². The fraction of sp³-hybridized carbons (Fsp3) is 0.304. The van der Waals surface area contributed by atoms with Crippen LogP contribution in [0.15, 0.2) is 48.8 Å². The van der Waals surface area contributed by atoms with Gasteiger partial charge in [0.15, 0.2) is 11.6 Å². The zero-order chi connectivity index (χ0) is 20.9. The molecule has 0 radical (unpaired) electrons. The second-order valence-corrected chi connectivity index (χ2v) is 7.33. The molecule has 0 spiro atoms. The number of methoxy groups -OCH3 is 1. The summed E-state index contributed by atoms with van der Waals surface area (Å²) >= 11 is 0. The Labute approximate surface area is 175 Å². The van der Waals surface area contributed by atoms with Gasteiger partial charge >= 0.3 is 0 Å². The Hall–Kier alpha value is -3.48. The smallest absolute Gasteiger partial charge is 0.222 e. The monoisotopic (exact) mass is 403 g/mol. The minimum absolute atomic E-state index is 0.127. The second kappa shape index (κ2) is 8.90. The molecule has 0 aliphatic carbocycles. The van der Waals surface area contributed by atoms with Crippen LogP contribution in [0, 0.1) is 0 Å². The number of para-hydroxylation sites is 1. The number of carbonyl (C=O) groups excluding carboxylic acids is 1. The third-order valence-corrected chi connectivity index (χ3v) is 5.34. The predicted molar refractivity (Wildman–Crippen MR) is 117 cm³/mol. The van der Waals surface area contributed by atoms with Crippen molar-refractivity contribution in [2.24, 2.45) is 0 Å². The first-order valence-corrected chi connectivity index (χ1v) is 10.2. The summed E-state index contributed by atoms with van der Waals surface area (Å²) in [6.07, 6.45) is 7.00. The summed E-state index contributed by atoms with van der Waals surface area (Å²) in [7, 11) is 1.54. The summed E-state index contributed by atoms with van der Waals surface area (Å²) < 4.78 is 5.31. The van der Waals surface area contributed by atoms with Crippen molar-refractivity contribution in [2.75, 3.05) is 30.8 Å². The van der Waals surface area contributed by atoms with Crippen molar-refractivity contribution in [1.82, 2.24) is 15.0 Å². The number of anilines is 2. The van der Waals surface area contributed by atoms with Crippen LogP contribution in [0.2, 0.25) is 0 Å². The summed E-state index contributed by atoms with van der Waals surface area (Å²) in [5, 5.41) is 0. The summed E-state index contributed by atoms with van der Waals surface area (Å²) in [6, 6.07) is 11.7. The molecule has 0 bridgehead atoms. The SMILES string of the molecule is COc1ncccc1-c1cnc(N)c(C(=O)Cc2ccccc2N2CCCCC2)n1. The topological polar surface area (TPSA) is 94.2 Å². The van der Waals surface area contributed by atoms with Crippen LogP contribution in [-0.4, -0.2) is 40.9 Å². The van der Waals surface area contributed by atoms with E-state index >= 15 is 0 Å². The van der Waals surface area contributed by atoms with Gasteiger partial charge in [-0.3, -0.25) is 4.79 Å². The Morgan fingerprint density at radius 1 is 1.10 bits per heavy atom. The lowest BCUT2D eigenvalue weighted by Gasteiger charge is -2.30. The van der Waals surface area contributed by atoms with Crippen molar-refractivity contribution >= 4 is 17.3 Å². The molecule has 7 heteroatoms. The van der Waals surface area contributed by atoms with E-state index in [-0.39, 0.29) is 23.7 Å². The van der Waals surface area contributed by atoms with E-state index in [0.29, 0.717) is 17.1 Å². The number of benzene rings is 1. The highest BCUT2D eigenvalue weighted by molar-refractivity contribution is 6.00. The molecule has 0 amide bonds. The number of rotatable bonds is 6. The Bertz CT molecular complexity index is 1050. The maximum atomic E-state index is 13.2. The fourth-order valence-corrected chi connectivity index (χ4v) is 3.84. The van der Waals surface area contributed by atoms with E-state index in [1.165, 1.54) is 25.5 Å². The van der Waals surface area contributed by atoms with E-state index in [0.717, 1.165) is 24.3 Å². The molecule has 1 aliphatic heterocycles. The maximum absolute atomic E-state index is 13.2. The van der Waals surface area contributed by atoms with Crippen molar-refractivity contribution in [2.45, 2.75) is 25.7 Å². The van der Waals surface area contributed by atoms with Gasteiger partial charge in [-0.1, -0.05) is 18.2 Å². The lowest BCUT2D eigenvalue weighted by molar-refractivity contribution is 0.0989. The first kappa shape index (κ1) is 19.8. The number of nitrogen functional groups attached to an aromatic ring is 1.